The van der Waals surface area contributed by atoms with Gasteiger partial charge in [0.2, 0.25) is 0 Å². The fourth-order valence-electron chi connectivity index (χ4n) is 2.96. The van der Waals surface area contributed by atoms with Crippen molar-refractivity contribution in [1.82, 2.24) is 4.57 Å². The topological polar surface area (TPSA) is 4.93 Å². The number of alkyl halides is 1. The van der Waals surface area contributed by atoms with E-state index >= 15 is 0 Å². The lowest BCUT2D eigenvalue weighted by Crippen LogP contribution is -1.97. The maximum atomic E-state index is 3.50. The van der Waals surface area contributed by atoms with Gasteiger partial charge in [0.1, 0.15) is 0 Å². The molecule has 1 nitrogen and oxygen atoms in total. The van der Waals surface area contributed by atoms with Crippen LogP contribution in [0.1, 0.15) is 25.7 Å². The fourth-order valence-corrected chi connectivity index (χ4v) is 3.36. The molecule has 20 heavy (non-hydrogen) atoms. The molecule has 0 aliphatic heterocycles. The van der Waals surface area contributed by atoms with Gasteiger partial charge in [0.25, 0.3) is 0 Å². The normalized spacial score (nSPS) is 11.4. The summed E-state index contributed by atoms with van der Waals surface area (Å²) in [5, 5.41) is 3.88. The van der Waals surface area contributed by atoms with Crippen molar-refractivity contribution in [3.8, 4) is 0 Å². The van der Waals surface area contributed by atoms with Crippen LogP contribution in [0, 0.1) is 0 Å². The number of para-hydroxylation sites is 2. The Morgan fingerprint density at radius 2 is 1.25 bits per heavy atom. The third-order valence-electron chi connectivity index (χ3n) is 3.95. The highest BCUT2D eigenvalue weighted by Crippen LogP contribution is 2.29. The maximum absolute atomic E-state index is 3.50. The molecule has 0 bridgehead atoms. The van der Waals surface area contributed by atoms with Crippen LogP contribution in [0.25, 0.3) is 21.8 Å². The molecule has 3 rings (SSSR count). The summed E-state index contributed by atoms with van der Waals surface area (Å²) in [6.45, 7) is 1.12. The zero-order chi connectivity index (χ0) is 13.8. The van der Waals surface area contributed by atoms with Gasteiger partial charge in [0.15, 0.2) is 0 Å². The van der Waals surface area contributed by atoms with Crippen molar-refractivity contribution < 1.29 is 0 Å². The SMILES string of the molecule is BrCCCCCCn1c2ccccc2c2ccccc21. The lowest BCUT2D eigenvalue weighted by atomic mass is 10.2. The van der Waals surface area contributed by atoms with Crippen LogP contribution in [-0.2, 0) is 6.54 Å². The minimum absolute atomic E-state index is 1.12. The molecule has 0 unspecified atom stereocenters. The molecule has 0 amide bonds. The highest BCUT2D eigenvalue weighted by Gasteiger charge is 2.08. The molecule has 1 aromatic heterocycles. The number of nitrogens with zero attached hydrogens (tertiary/aromatic N) is 1. The molecule has 0 saturated carbocycles. The second kappa shape index (κ2) is 6.45. The Bertz CT molecular complexity index is 646. The second-order valence-electron chi connectivity index (χ2n) is 5.29. The number of hydrogen-bond acceptors (Lipinski definition) is 0. The van der Waals surface area contributed by atoms with Crippen LogP contribution >= 0.6 is 15.9 Å². The van der Waals surface area contributed by atoms with Gasteiger partial charge >= 0.3 is 0 Å². The van der Waals surface area contributed by atoms with Crippen LogP contribution in [0.15, 0.2) is 48.5 Å². The summed E-state index contributed by atoms with van der Waals surface area (Å²) in [6, 6.07) is 17.5. The monoisotopic (exact) mass is 329 g/mol. The Balaban J connectivity index is 1.91. The van der Waals surface area contributed by atoms with E-state index in [1.54, 1.807) is 0 Å². The largest absolute Gasteiger partial charge is 0.340 e. The van der Waals surface area contributed by atoms with E-state index in [-0.39, 0.29) is 0 Å². The molecular formula is C18H20BrN. The van der Waals surface area contributed by atoms with Crippen LogP contribution in [-0.4, -0.2) is 9.90 Å². The van der Waals surface area contributed by atoms with Crippen molar-refractivity contribution in [2.24, 2.45) is 0 Å². The zero-order valence-electron chi connectivity index (χ0n) is 11.7. The smallest absolute Gasteiger partial charge is 0.0491 e. The summed E-state index contributed by atoms with van der Waals surface area (Å²) in [6.07, 6.45) is 5.18. The summed E-state index contributed by atoms with van der Waals surface area (Å²) in [5.74, 6) is 0. The van der Waals surface area contributed by atoms with Crippen LogP contribution in [0.4, 0.5) is 0 Å². The molecule has 0 N–H and O–H groups in total. The zero-order valence-corrected chi connectivity index (χ0v) is 13.3. The number of hydrogen-bond donors (Lipinski definition) is 0. The number of fused-ring (bicyclic) bond motifs is 3. The molecule has 0 saturated heterocycles. The van der Waals surface area contributed by atoms with Gasteiger partial charge in [0, 0.05) is 33.7 Å². The molecule has 2 aromatic carbocycles. The number of rotatable bonds is 6. The summed E-state index contributed by atoms with van der Waals surface area (Å²) < 4.78 is 2.48. The molecule has 0 aliphatic carbocycles. The Morgan fingerprint density at radius 3 is 1.85 bits per heavy atom. The molecule has 0 fully saturated rings. The van der Waals surface area contributed by atoms with E-state index in [4.69, 9.17) is 0 Å². The van der Waals surface area contributed by atoms with Crippen molar-refractivity contribution in [3.63, 3.8) is 0 Å². The lowest BCUT2D eigenvalue weighted by molar-refractivity contribution is 0.605. The second-order valence-corrected chi connectivity index (χ2v) is 6.08. The van der Waals surface area contributed by atoms with Crippen LogP contribution in [0.2, 0.25) is 0 Å². The summed E-state index contributed by atoms with van der Waals surface area (Å²) in [4.78, 5) is 0. The first kappa shape index (κ1) is 13.7. The predicted molar refractivity (Wildman–Crippen MR) is 91.7 cm³/mol. The molecular weight excluding hydrogens is 310 g/mol. The highest BCUT2D eigenvalue weighted by molar-refractivity contribution is 9.09. The molecule has 2 heteroatoms. The number of halogens is 1. The van der Waals surface area contributed by atoms with Gasteiger partial charge in [-0.1, -0.05) is 65.2 Å². The van der Waals surface area contributed by atoms with Crippen molar-refractivity contribution >= 4 is 37.7 Å². The third kappa shape index (κ3) is 2.62. The van der Waals surface area contributed by atoms with Crippen LogP contribution in [0.3, 0.4) is 0 Å². The Kier molecular flexibility index (Phi) is 4.41. The molecule has 0 aliphatic rings. The van der Waals surface area contributed by atoms with E-state index in [1.165, 1.54) is 47.5 Å². The van der Waals surface area contributed by atoms with E-state index in [2.05, 4.69) is 69.0 Å². The molecule has 3 aromatic rings. The highest BCUT2D eigenvalue weighted by atomic mass is 79.9. The lowest BCUT2D eigenvalue weighted by Gasteiger charge is -2.07. The molecule has 104 valence electrons. The van der Waals surface area contributed by atoms with E-state index in [0.717, 1.165) is 11.9 Å². The standard InChI is InChI=1S/C18H20BrN/c19-13-7-1-2-8-14-20-17-11-5-3-9-15(17)16-10-4-6-12-18(16)20/h3-6,9-12H,1-2,7-8,13-14H2. The first-order valence-corrected chi connectivity index (χ1v) is 8.56. The Labute approximate surface area is 128 Å². The average Bonchev–Trinajstić information content (AvgIpc) is 2.82. The summed E-state index contributed by atoms with van der Waals surface area (Å²) in [5.41, 5.74) is 2.74. The maximum Gasteiger partial charge on any atom is 0.0491 e. The van der Waals surface area contributed by atoms with Gasteiger partial charge in [-0.3, -0.25) is 0 Å². The molecule has 0 spiro atoms. The fraction of sp³-hybridized carbons (Fsp3) is 0.333. The van der Waals surface area contributed by atoms with E-state index in [1.807, 2.05) is 0 Å². The van der Waals surface area contributed by atoms with Crippen molar-refractivity contribution in [2.45, 2.75) is 32.2 Å². The third-order valence-corrected chi connectivity index (χ3v) is 4.51. The Morgan fingerprint density at radius 1 is 0.700 bits per heavy atom. The Hall–Kier alpha value is -1.28. The first-order chi connectivity index (χ1) is 9.92. The number of aromatic nitrogens is 1. The summed E-state index contributed by atoms with van der Waals surface area (Å²) in [7, 11) is 0. The molecule has 0 atom stereocenters. The van der Waals surface area contributed by atoms with E-state index in [9.17, 15) is 0 Å². The van der Waals surface area contributed by atoms with Crippen molar-refractivity contribution in [3.05, 3.63) is 48.5 Å². The number of benzene rings is 2. The van der Waals surface area contributed by atoms with Gasteiger partial charge in [0.05, 0.1) is 0 Å². The van der Waals surface area contributed by atoms with Crippen LogP contribution < -0.4 is 0 Å². The average molecular weight is 330 g/mol. The number of unbranched alkanes of at least 4 members (excludes halogenated alkanes) is 3. The van der Waals surface area contributed by atoms with Gasteiger partial charge in [-0.15, -0.1) is 0 Å². The predicted octanol–water partition coefficient (Wildman–Crippen LogP) is 5.75. The quantitative estimate of drug-likeness (QED) is 0.401. The first-order valence-electron chi connectivity index (χ1n) is 7.44. The van der Waals surface area contributed by atoms with E-state index < -0.39 is 0 Å². The van der Waals surface area contributed by atoms with Gasteiger partial charge in [-0.2, -0.15) is 0 Å². The molecule has 1 heterocycles. The summed E-state index contributed by atoms with van der Waals surface area (Å²) >= 11 is 3.50. The van der Waals surface area contributed by atoms with E-state index in [0.29, 0.717) is 0 Å². The van der Waals surface area contributed by atoms with Gasteiger partial charge in [-0.05, 0) is 25.0 Å². The minimum Gasteiger partial charge on any atom is -0.340 e. The van der Waals surface area contributed by atoms with Gasteiger partial charge in [-0.25, -0.2) is 0 Å². The van der Waals surface area contributed by atoms with Crippen molar-refractivity contribution in [1.29, 1.82) is 0 Å². The molecule has 0 radical (unpaired) electrons. The van der Waals surface area contributed by atoms with Crippen molar-refractivity contribution in [2.75, 3.05) is 5.33 Å². The van der Waals surface area contributed by atoms with Gasteiger partial charge < -0.3 is 4.57 Å². The number of aryl methyl sites for hydroxylation is 1. The minimum atomic E-state index is 1.12. The van der Waals surface area contributed by atoms with Crippen LogP contribution in [0.5, 0.6) is 0 Å².